The molecule has 0 fully saturated rings. The molecule has 3 aromatic rings. The average Bonchev–Trinajstić information content (AvgIpc) is 2.63. The van der Waals surface area contributed by atoms with Gasteiger partial charge in [0.1, 0.15) is 11.3 Å². The molecule has 1 aliphatic rings. The third-order valence-corrected chi connectivity index (χ3v) is 5.05. The van der Waals surface area contributed by atoms with Crippen LogP contribution in [0.1, 0.15) is 30.0 Å². The molecule has 0 unspecified atom stereocenters. The monoisotopic (exact) mass is 369 g/mol. The number of ether oxygens (including phenoxy) is 1. The number of anilines is 1. The number of aryl methyl sites for hydroxylation is 2. The van der Waals surface area contributed by atoms with E-state index in [4.69, 9.17) is 20.8 Å². The highest BCUT2D eigenvalue weighted by molar-refractivity contribution is 6.30. The Labute approximate surface area is 156 Å². The van der Waals surface area contributed by atoms with Crippen molar-refractivity contribution in [3.8, 4) is 5.75 Å². The largest absolute Gasteiger partial charge is 0.473 e. The number of hydrogen-bond donors (Lipinski definition) is 0. The van der Waals surface area contributed by atoms with Gasteiger partial charge >= 0.3 is 5.63 Å². The number of rotatable bonds is 3. The minimum atomic E-state index is -0.314. The van der Waals surface area contributed by atoms with Crippen LogP contribution in [0.3, 0.4) is 0 Å². The Hall–Kier alpha value is -2.46. The van der Waals surface area contributed by atoms with Crippen LogP contribution in [-0.2, 0) is 13.0 Å². The van der Waals surface area contributed by atoms with E-state index in [-0.39, 0.29) is 5.63 Å². The lowest BCUT2D eigenvalue weighted by Crippen LogP contribution is -2.32. The zero-order valence-electron chi connectivity index (χ0n) is 14.8. The first-order chi connectivity index (χ1) is 12.6. The van der Waals surface area contributed by atoms with Crippen molar-refractivity contribution < 1.29 is 9.15 Å². The smallest absolute Gasteiger partial charge is 0.336 e. The fourth-order valence-electron chi connectivity index (χ4n) is 3.55. The number of hydrogen-bond acceptors (Lipinski definition) is 4. The van der Waals surface area contributed by atoms with Crippen LogP contribution in [-0.4, -0.2) is 6.73 Å². The van der Waals surface area contributed by atoms with Crippen molar-refractivity contribution in [2.75, 3.05) is 11.6 Å². The number of nitrogens with zero attached hydrogens (tertiary/aromatic N) is 1. The first-order valence-corrected chi connectivity index (χ1v) is 9.17. The summed E-state index contributed by atoms with van der Waals surface area (Å²) in [6.07, 6.45) is 1.82. The van der Waals surface area contributed by atoms with Crippen molar-refractivity contribution in [2.24, 2.45) is 0 Å². The van der Waals surface area contributed by atoms with Gasteiger partial charge in [0.05, 0.1) is 12.1 Å². The second-order valence-corrected chi connectivity index (χ2v) is 7.10. The Bertz CT molecular complexity index is 1040. The van der Waals surface area contributed by atoms with Gasteiger partial charge in [0.2, 0.25) is 0 Å². The van der Waals surface area contributed by atoms with E-state index in [1.165, 1.54) is 0 Å². The molecule has 2 heterocycles. The molecule has 1 aromatic heterocycles. The van der Waals surface area contributed by atoms with Crippen LogP contribution in [0.2, 0.25) is 5.02 Å². The normalized spacial score (nSPS) is 13.6. The molecule has 0 aliphatic carbocycles. The Morgan fingerprint density at radius 1 is 1.19 bits per heavy atom. The van der Waals surface area contributed by atoms with E-state index in [9.17, 15) is 4.79 Å². The van der Waals surface area contributed by atoms with E-state index >= 15 is 0 Å². The highest BCUT2D eigenvalue weighted by atomic mass is 35.5. The van der Waals surface area contributed by atoms with E-state index < -0.39 is 0 Å². The SMILES string of the molecule is CCCc1cc(=O)oc2c3c(ccc12)OCN(c1cc(Cl)ccc1C)C3. The minimum absolute atomic E-state index is 0.314. The maximum absolute atomic E-state index is 12.1. The predicted octanol–water partition coefficient (Wildman–Crippen LogP) is 5.06. The quantitative estimate of drug-likeness (QED) is 0.605. The van der Waals surface area contributed by atoms with Crippen LogP contribution >= 0.6 is 11.6 Å². The molecule has 2 aromatic carbocycles. The lowest BCUT2D eigenvalue weighted by Gasteiger charge is -2.32. The van der Waals surface area contributed by atoms with Crippen LogP contribution in [0.5, 0.6) is 5.75 Å². The lowest BCUT2D eigenvalue weighted by molar-refractivity contribution is 0.289. The molecule has 4 rings (SSSR count). The van der Waals surface area contributed by atoms with E-state index in [1.54, 1.807) is 6.07 Å². The molecular weight excluding hydrogens is 350 g/mol. The Kier molecular flexibility index (Phi) is 4.37. The summed E-state index contributed by atoms with van der Waals surface area (Å²) in [7, 11) is 0. The number of fused-ring (bicyclic) bond motifs is 3. The molecule has 26 heavy (non-hydrogen) atoms. The van der Waals surface area contributed by atoms with Gasteiger partial charge in [-0.15, -0.1) is 0 Å². The molecule has 0 saturated heterocycles. The van der Waals surface area contributed by atoms with Crippen LogP contribution in [0, 0.1) is 6.92 Å². The van der Waals surface area contributed by atoms with E-state index in [0.29, 0.717) is 23.9 Å². The molecule has 0 amide bonds. The van der Waals surface area contributed by atoms with Crippen molar-refractivity contribution >= 4 is 28.3 Å². The first kappa shape index (κ1) is 17.0. The van der Waals surface area contributed by atoms with E-state index in [2.05, 4.69) is 11.8 Å². The van der Waals surface area contributed by atoms with Gasteiger partial charge in [-0.3, -0.25) is 0 Å². The summed E-state index contributed by atoms with van der Waals surface area (Å²) in [5, 5.41) is 1.67. The van der Waals surface area contributed by atoms with Crippen LogP contribution in [0.15, 0.2) is 45.6 Å². The molecule has 0 saturated carbocycles. The highest BCUT2D eigenvalue weighted by Gasteiger charge is 2.23. The molecule has 4 nitrogen and oxygen atoms in total. The minimum Gasteiger partial charge on any atom is -0.473 e. The van der Waals surface area contributed by atoms with Gasteiger partial charge in [-0.1, -0.05) is 31.0 Å². The summed E-state index contributed by atoms with van der Waals surface area (Å²) in [5.41, 5.74) is 4.39. The van der Waals surface area contributed by atoms with Crippen molar-refractivity contribution in [3.05, 3.63) is 68.5 Å². The van der Waals surface area contributed by atoms with Gasteiger partial charge < -0.3 is 14.1 Å². The molecule has 0 bridgehead atoms. The van der Waals surface area contributed by atoms with Crippen molar-refractivity contribution in [1.29, 1.82) is 0 Å². The molecule has 0 N–H and O–H groups in total. The summed E-state index contributed by atoms with van der Waals surface area (Å²) in [6, 6.07) is 11.4. The molecule has 5 heteroatoms. The summed E-state index contributed by atoms with van der Waals surface area (Å²) < 4.78 is 11.6. The van der Waals surface area contributed by atoms with Gasteiger partial charge in [0.15, 0.2) is 6.73 Å². The van der Waals surface area contributed by atoms with Crippen molar-refractivity contribution in [3.63, 3.8) is 0 Å². The zero-order valence-corrected chi connectivity index (χ0v) is 15.6. The molecule has 1 aliphatic heterocycles. The topological polar surface area (TPSA) is 42.7 Å². The summed E-state index contributed by atoms with van der Waals surface area (Å²) >= 11 is 6.18. The van der Waals surface area contributed by atoms with Gasteiger partial charge in [-0.2, -0.15) is 0 Å². The van der Waals surface area contributed by atoms with Crippen LogP contribution in [0.25, 0.3) is 11.0 Å². The fourth-order valence-corrected chi connectivity index (χ4v) is 3.72. The molecule has 0 spiro atoms. The molecular formula is C21H20ClNO3. The average molecular weight is 370 g/mol. The standard InChI is InChI=1S/C21H20ClNO3/c1-3-4-14-9-20(24)26-21-16(14)7-8-19-17(21)11-23(12-25-19)18-10-15(22)6-5-13(18)2/h5-10H,3-4,11-12H2,1-2H3. The third-order valence-electron chi connectivity index (χ3n) is 4.81. The fraction of sp³-hybridized carbons (Fsp3) is 0.286. The summed E-state index contributed by atoms with van der Waals surface area (Å²) in [4.78, 5) is 14.2. The second-order valence-electron chi connectivity index (χ2n) is 6.66. The van der Waals surface area contributed by atoms with E-state index in [1.807, 2.05) is 37.3 Å². The van der Waals surface area contributed by atoms with Gasteiger partial charge in [-0.25, -0.2) is 4.79 Å². The highest BCUT2D eigenvalue weighted by Crippen LogP contribution is 2.36. The summed E-state index contributed by atoms with van der Waals surface area (Å²) in [5.74, 6) is 0.769. The van der Waals surface area contributed by atoms with Gasteiger partial charge in [0.25, 0.3) is 0 Å². The van der Waals surface area contributed by atoms with Gasteiger partial charge in [0, 0.05) is 22.2 Å². The van der Waals surface area contributed by atoms with Gasteiger partial charge in [-0.05, 0) is 48.7 Å². The molecule has 134 valence electrons. The third kappa shape index (κ3) is 2.95. The summed E-state index contributed by atoms with van der Waals surface area (Å²) in [6.45, 7) is 5.18. The molecule has 0 atom stereocenters. The number of halogens is 1. The van der Waals surface area contributed by atoms with Crippen molar-refractivity contribution in [2.45, 2.75) is 33.2 Å². The van der Waals surface area contributed by atoms with Crippen molar-refractivity contribution in [1.82, 2.24) is 0 Å². The maximum atomic E-state index is 12.1. The predicted molar refractivity (Wildman–Crippen MR) is 104 cm³/mol. The Morgan fingerprint density at radius 3 is 2.85 bits per heavy atom. The van der Waals surface area contributed by atoms with E-state index in [0.717, 1.165) is 46.4 Å². The first-order valence-electron chi connectivity index (χ1n) is 8.79. The number of benzene rings is 2. The maximum Gasteiger partial charge on any atom is 0.336 e. The van der Waals surface area contributed by atoms with Crippen LogP contribution in [0.4, 0.5) is 5.69 Å². The van der Waals surface area contributed by atoms with Crippen LogP contribution < -0.4 is 15.3 Å². The Balaban J connectivity index is 1.84. The second kappa shape index (κ2) is 6.69. The molecule has 0 radical (unpaired) electrons. The lowest BCUT2D eigenvalue weighted by atomic mass is 10.0. The zero-order chi connectivity index (χ0) is 18.3. The Morgan fingerprint density at radius 2 is 2.04 bits per heavy atom.